The zero-order valence-corrected chi connectivity index (χ0v) is 10.7. The molecule has 0 saturated heterocycles. The smallest absolute Gasteiger partial charge is 0.270 e. The van der Waals surface area contributed by atoms with Crippen molar-refractivity contribution in [2.45, 2.75) is 27.2 Å². The van der Waals surface area contributed by atoms with Crippen LogP contribution in [0.2, 0.25) is 0 Å². The largest absolute Gasteiger partial charge is 0.351 e. The van der Waals surface area contributed by atoms with E-state index in [9.17, 15) is 10.0 Å². The lowest BCUT2D eigenvalue weighted by molar-refractivity contribution is -0.123. The van der Waals surface area contributed by atoms with E-state index in [-0.39, 0.29) is 17.0 Å². The van der Waals surface area contributed by atoms with Gasteiger partial charge in [0.05, 0.1) is 5.70 Å². The van der Waals surface area contributed by atoms with Gasteiger partial charge in [-0.25, -0.2) is 5.06 Å². The van der Waals surface area contributed by atoms with Gasteiger partial charge >= 0.3 is 0 Å². The van der Waals surface area contributed by atoms with Gasteiger partial charge in [0.2, 0.25) is 0 Å². The van der Waals surface area contributed by atoms with Crippen molar-refractivity contribution >= 4 is 5.91 Å². The molecule has 94 valence electrons. The fraction of sp³-hybridized carbons (Fsp3) is 0.462. The van der Waals surface area contributed by atoms with Crippen LogP contribution in [-0.4, -0.2) is 22.7 Å². The molecule has 0 fully saturated rings. The van der Waals surface area contributed by atoms with E-state index in [1.807, 2.05) is 0 Å². The molecule has 0 bridgehead atoms. The van der Waals surface area contributed by atoms with Crippen molar-refractivity contribution in [2.24, 2.45) is 5.41 Å². The Balaban J connectivity index is 2.51. The summed E-state index contributed by atoms with van der Waals surface area (Å²) >= 11 is 0. The van der Waals surface area contributed by atoms with Crippen LogP contribution in [0.3, 0.4) is 0 Å². The highest BCUT2D eigenvalue weighted by Crippen LogP contribution is 2.18. The maximum Gasteiger partial charge on any atom is 0.270 e. The molecule has 0 aliphatic carbocycles. The van der Waals surface area contributed by atoms with Crippen LogP contribution in [0.1, 0.15) is 27.2 Å². The molecule has 0 saturated carbocycles. The molecule has 1 heterocycles. The van der Waals surface area contributed by atoms with E-state index in [0.29, 0.717) is 12.2 Å². The predicted molar refractivity (Wildman–Crippen MR) is 67.1 cm³/mol. The van der Waals surface area contributed by atoms with Crippen LogP contribution >= 0.6 is 0 Å². The Labute approximate surface area is 102 Å². The van der Waals surface area contributed by atoms with E-state index in [4.69, 9.17) is 0 Å². The Morgan fingerprint density at radius 3 is 2.76 bits per heavy atom. The summed E-state index contributed by atoms with van der Waals surface area (Å²) in [4.78, 5) is 11.8. The number of hydroxylamine groups is 2. The van der Waals surface area contributed by atoms with E-state index in [0.717, 1.165) is 11.5 Å². The number of rotatable bonds is 3. The molecular formula is C13H20N2O2. The molecular weight excluding hydrogens is 216 g/mol. The highest BCUT2D eigenvalue weighted by molar-refractivity contribution is 5.93. The minimum atomic E-state index is -0.290. The first-order chi connectivity index (χ1) is 7.81. The van der Waals surface area contributed by atoms with E-state index in [1.54, 1.807) is 18.2 Å². The van der Waals surface area contributed by atoms with Crippen LogP contribution < -0.4 is 5.32 Å². The number of amides is 1. The third-order valence-electron chi connectivity index (χ3n) is 2.44. The Kier molecular flexibility index (Phi) is 4.12. The topological polar surface area (TPSA) is 52.6 Å². The van der Waals surface area contributed by atoms with Crippen molar-refractivity contribution in [2.75, 3.05) is 6.54 Å². The summed E-state index contributed by atoms with van der Waals surface area (Å²) in [5.41, 5.74) is 0.760. The van der Waals surface area contributed by atoms with Crippen LogP contribution in [0.5, 0.6) is 0 Å². The summed E-state index contributed by atoms with van der Waals surface area (Å²) in [6.07, 6.45) is 5.76. The van der Waals surface area contributed by atoms with Gasteiger partial charge < -0.3 is 5.32 Å². The predicted octanol–water partition coefficient (Wildman–Crippen LogP) is 2.20. The van der Waals surface area contributed by atoms with Crippen molar-refractivity contribution < 1.29 is 10.0 Å². The second-order valence-electron chi connectivity index (χ2n) is 5.28. The number of allylic oxidation sites excluding steroid dienone is 3. The maximum absolute atomic E-state index is 11.8. The molecule has 0 spiro atoms. The third kappa shape index (κ3) is 4.07. The number of carbonyl (C=O) groups excluding carboxylic acids is 1. The first-order valence-corrected chi connectivity index (χ1v) is 5.66. The number of nitrogens with zero attached hydrogens (tertiary/aromatic N) is 1. The SMILES string of the molecule is C=C1C=CC=C(C(=O)NCCC(C)(C)C)N1O. The second-order valence-corrected chi connectivity index (χ2v) is 5.28. The average molecular weight is 236 g/mol. The van der Waals surface area contributed by atoms with E-state index in [2.05, 4.69) is 32.7 Å². The second kappa shape index (κ2) is 5.19. The summed E-state index contributed by atoms with van der Waals surface area (Å²) in [5.74, 6) is -0.290. The number of nitrogens with one attached hydrogen (secondary N) is 1. The molecule has 0 atom stereocenters. The van der Waals surface area contributed by atoms with Gasteiger partial charge in [-0.1, -0.05) is 33.4 Å². The summed E-state index contributed by atoms with van der Waals surface area (Å²) < 4.78 is 0. The lowest BCUT2D eigenvalue weighted by Crippen LogP contribution is -2.35. The Morgan fingerprint density at radius 2 is 2.18 bits per heavy atom. The molecule has 0 aromatic carbocycles. The van der Waals surface area contributed by atoms with Crippen molar-refractivity contribution in [1.29, 1.82) is 0 Å². The highest BCUT2D eigenvalue weighted by Gasteiger charge is 2.19. The molecule has 1 aliphatic heterocycles. The zero-order chi connectivity index (χ0) is 13.1. The molecule has 4 heteroatoms. The summed E-state index contributed by atoms with van der Waals surface area (Å²) in [5, 5.41) is 13.2. The van der Waals surface area contributed by atoms with E-state index >= 15 is 0 Å². The molecule has 4 nitrogen and oxygen atoms in total. The van der Waals surface area contributed by atoms with Gasteiger partial charge in [0.25, 0.3) is 5.91 Å². The molecule has 0 aromatic rings. The number of hydrogen-bond acceptors (Lipinski definition) is 3. The monoisotopic (exact) mass is 236 g/mol. The van der Waals surface area contributed by atoms with Crippen molar-refractivity contribution in [3.05, 3.63) is 36.2 Å². The van der Waals surface area contributed by atoms with Gasteiger partial charge in [0.15, 0.2) is 0 Å². The molecule has 0 aromatic heterocycles. The average Bonchev–Trinajstić information content (AvgIpc) is 2.20. The maximum atomic E-state index is 11.8. The molecule has 0 radical (unpaired) electrons. The third-order valence-corrected chi connectivity index (χ3v) is 2.44. The molecule has 1 aliphatic rings. The fourth-order valence-electron chi connectivity index (χ4n) is 1.36. The fourth-order valence-corrected chi connectivity index (χ4v) is 1.36. The van der Waals surface area contributed by atoms with Crippen LogP contribution in [0, 0.1) is 5.41 Å². The van der Waals surface area contributed by atoms with Crippen molar-refractivity contribution in [3.8, 4) is 0 Å². The number of carbonyl (C=O) groups is 1. The Bertz CT molecular complexity index is 375. The lowest BCUT2D eigenvalue weighted by atomic mass is 9.92. The standard InChI is InChI=1S/C13H20N2O2/c1-10-6-5-7-11(15(10)17)12(16)14-9-8-13(2,3)4/h5-7,17H,1,8-9H2,2-4H3,(H,14,16). The van der Waals surface area contributed by atoms with E-state index in [1.165, 1.54) is 0 Å². The summed E-state index contributed by atoms with van der Waals surface area (Å²) in [6, 6.07) is 0. The van der Waals surface area contributed by atoms with Gasteiger partial charge in [0.1, 0.15) is 5.70 Å². The minimum Gasteiger partial charge on any atom is -0.351 e. The van der Waals surface area contributed by atoms with Gasteiger partial charge in [-0.05, 0) is 24.0 Å². The van der Waals surface area contributed by atoms with Gasteiger partial charge in [-0.15, -0.1) is 0 Å². The van der Waals surface area contributed by atoms with Crippen LogP contribution in [0.25, 0.3) is 0 Å². The lowest BCUT2D eigenvalue weighted by Gasteiger charge is -2.23. The first kappa shape index (κ1) is 13.5. The van der Waals surface area contributed by atoms with E-state index < -0.39 is 0 Å². The van der Waals surface area contributed by atoms with Crippen molar-refractivity contribution in [3.63, 3.8) is 0 Å². The number of hydrogen-bond donors (Lipinski definition) is 2. The highest BCUT2D eigenvalue weighted by atomic mass is 16.5. The summed E-state index contributed by atoms with van der Waals surface area (Å²) in [7, 11) is 0. The Hall–Kier alpha value is -1.55. The first-order valence-electron chi connectivity index (χ1n) is 5.66. The molecule has 1 rings (SSSR count). The van der Waals surface area contributed by atoms with Crippen LogP contribution in [0.4, 0.5) is 0 Å². The summed E-state index contributed by atoms with van der Waals surface area (Å²) in [6.45, 7) is 10.5. The molecule has 0 unspecified atom stereocenters. The van der Waals surface area contributed by atoms with Crippen molar-refractivity contribution in [1.82, 2.24) is 10.4 Å². The minimum absolute atomic E-state index is 0.177. The van der Waals surface area contributed by atoms with Crippen LogP contribution in [-0.2, 0) is 4.79 Å². The van der Waals surface area contributed by atoms with Gasteiger partial charge in [0, 0.05) is 6.54 Å². The molecule has 1 amide bonds. The van der Waals surface area contributed by atoms with Crippen LogP contribution in [0.15, 0.2) is 36.2 Å². The molecule has 17 heavy (non-hydrogen) atoms. The van der Waals surface area contributed by atoms with Gasteiger partial charge in [-0.2, -0.15) is 0 Å². The van der Waals surface area contributed by atoms with Gasteiger partial charge in [-0.3, -0.25) is 10.0 Å². The molecule has 2 N–H and O–H groups in total. The normalized spacial score (nSPS) is 15.9. The quantitative estimate of drug-likeness (QED) is 0.789. The zero-order valence-electron chi connectivity index (χ0n) is 10.7. The Morgan fingerprint density at radius 1 is 1.53 bits per heavy atom.